The molecule has 6 nitrogen and oxygen atoms in total. The zero-order valence-electron chi connectivity index (χ0n) is 11.5. The summed E-state index contributed by atoms with van der Waals surface area (Å²) >= 11 is 0. The van der Waals surface area contributed by atoms with Gasteiger partial charge in [-0.3, -0.25) is 19.8 Å². The maximum Gasteiger partial charge on any atom is 0.231 e. The van der Waals surface area contributed by atoms with Gasteiger partial charge in [0.25, 0.3) is 0 Å². The molecule has 0 saturated carbocycles. The molecule has 6 heteroatoms. The number of rotatable bonds is 6. The minimum absolute atomic E-state index is 0.166. The van der Waals surface area contributed by atoms with Crippen molar-refractivity contribution < 1.29 is 19.4 Å². The minimum atomic E-state index is -0.476. The van der Waals surface area contributed by atoms with Gasteiger partial charge < -0.3 is 9.84 Å². The van der Waals surface area contributed by atoms with Crippen molar-refractivity contribution in [2.24, 2.45) is 11.8 Å². The molecule has 2 heterocycles. The average Bonchev–Trinajstić information content (AvgIpc) is 2.81. The SMILES string of the molecule is CC(C)OCCC(O)CN1C[C@@H]2C(=O)NC(=O)[C@@H]2C1. The van der Waals surface area contributed by atoms with Crippen molar-refractivity contribution in [1.29, 1.82) is 0 Å². The van der Waals surface area contributed by atoms with Crippen LogP contribution in [0.5, 0.6) is 0 Å². The number of carbonyl (C=O) groups excluding carboxylic acids is 2. The third kappa shape index (κ3) is 3.52. The first-order valence-electron chi connectivity index (χ1n) is 6.84. The Labute approximate surface area is 113 Å². The van der Waals surface area contributed by atoms with Crippen LogP contribution in [0, 0.1) is 11.8 Å². The van der Waals surface area contributed by atoms with E-state index in [-0.39, 0.29) is 29.8 Å². The third-order valence-electron chi connectivity index (χ3n) is 3.69. The Morgan fingerprint density at radius 2 is 1.89 bits per heavy atom. The first-order chi connectivity index (χ1) is 8.97. The Kier molecular flexibility index (Phi) is 4.54. The molecule has 0 radical (unpaired) electrons. The number of aliphatic hydroxyl groups is 1. The highest BCUT2D eigenvalue weighted by molar-refractivity contribution is 6.05. The number of amides is 2. The van der Waals surface area contributed by atoms with E-state index in [1.165, 1.54) is 0 Å². The summed E-state index contributed by atoms with van der Waals surface area (Å²) in [4.78, 5) is 25.0. The number of imide groups is 1. The van der Waals surface area contributed by atoms with E-state index in [9.17, 15) is 14.7 Å². The first-order valence-corrected chi connectivity index (χ1v) is 6.84. The summed E-state index contributed by atoms with van der Waals surface area (Å²) in [6.07, 6.45) is 0.264. The molecule has 2 fully saturated rings. The summed E-state index contributed by atoms with van der Waals surface area (Å²) in [5.74, 6) is -0.802. The van der Waals surface area contributed by atoms with Crippen LogP contribution in [0.1, 0.15) is 20.3 Å². The average molecular weight is 270 g/mol. The number of β-amino-alcohol motifs (C(OH)–C–C–N with tert-alkyl or cyclic N) is 1. The topological polar surface area (TPSA) is 78.9 Å². The number of carbonyl (C=O) groups is 2. The van der Waals surface area contributed by atoms with Crippen molar-refractivity contribution in [2.45, 2.75) is 32.5 Å². The second kappa shape index (κ2) is 5.98. The number of nitrogens with one attached hydrogen (secondary N) is 1. The van der Waals surface area contributed by atoms with Crippen LogP contribution in [0.25, 0.3) is 0 Å². The lowest BCUT2D eigenvalue weighted by molar-refractivity contribution is -0.126. The van der Waals surface area contributed by atoms with Crippen LogP contribution < -0.4 is 5.32 Å². The fourth-order valence-corrected chi connectivity index (χ4v) is 2.70. The van der Waals surface area contributed by atoms with Crippen molar-refractivity contribution in [3.63, 3.8) is 0 Å². The molecule has 2 amide bonds. The molecule has 0 aliphatic carbocycles. The van der Waals surface area contributed by atoms with Gasteiger partial charge in [-0.25, -0.2) is 0 Å². The normalized spacial score (nSPS) is 28.8. The molecule has 0 aromatic carbocycles. The highest BCUT2D eigenvalue weighted by atomic mass is 16.5. The summed E-state index contributed by atoms with van der Waals surface area (Å²) in [5, 5.41) is 12.3. The van der Waals surface area contributed by atoms with Gasteiger partial charge in [0.1, 0.15) is 0 Å². The van der Waals surface area contributed by atoms with E-state index in [2.05, 4.69) is 5.32 Å². The van der Waals surface area contributed by atoms with Crippen molar-refractivity contribution in [3.05, 3.63) is 0 Å². The van der Waals surface area contributed by atoms with E-state index >= 15 is 0 Å². The minimum Gasteiger partial charge on any atom is -0.392 e. The lowest BCUT2D eigenvalue weighted by atomic mass is 10.00. The summed E-state index contributed by atoms with van der Waals surface area (Å²) < 4.78 is 5.39. The largest absolute Gasteiger partial charge is 0.392 e. The van der Waals surface area contributed by atoms with E-state index in [1.807, 2.05) is 18.7 Å². The number of hydrogen-bond acceptors (Lipinski definition) is 5. The number of ether oxygens (including phenoxy) is 1. The quantitative estimate of drug-likeness (QED) is 0.628. The zero-order chi connectivity index (χ0) is 14.0. The molecule has 0 aromatic heterocycles. The van der Waals surface area contributed by atoms with E-state index < -0.39 is 6.10 Å². The summed E-state index contributed by atoms with van der Waals surface area (Å²) in [5.41, 5.74) is 0. The maximum absolute atomic E-state index is 11.5. The molecule has 0 spiro atoms. The Morgan fingerprint density at radius 3 is 2.42 bits per heavy atom. The molecule has 0 bridgehead atoms. The smallest absolute Gasteiger partial charge is 0.231 e. The summed E-state index contributed by atoms with van der Waals surface area (Å²) in [6, 6.07) is 0. The standard InChI is InChI=1S/C13H22N2O4/c1-8(2)19-4-3-9(16)5-15-6-10-11(7-15)13(18)14-12(10)17/h8-11,16H,3-7H2,1-2H3,(H,14,17,18)/t9?,10-,11+. The van der Waals surface area contributed by atoms with E-state index in [0.717, 1.165) is 0 Å². The predicted molar refractivity (Wildman–Crippen MR) is 68.3 cm³/mol. The Morgan fingerprint density at radius 1 is 1.32 bits per heavy atom. The number of hydrogen-bond donors (Lipinski definition) is 2. The van der Waals surface area contributed by atoms with Crippen molar-refractivity contribution in [1.82, 2.24) is 10.2 Å². The Balaban J connectivity index is 1.73. The van der Waals surface area contributed by atoms with E-state index in [1.54, 1.807) is 0 Å². The molecule has 3 atom stereocenters. The van der Waals surface area contributed by atoms with Crippen LogP contribution >= 0.6 is 0 Å². The third-order valence-corrected chi connectivity index (χ3v) is 3.69. The summed E-state index contributed by atoms with van der Waals surface area (Å²) in [6.45, 7) is 6.05. The Hall–Kier alpha value is -0.980. The van der Waals surface area contributed by atoms with Gasteiger partial charge in [0.05, 0.1) is 24.0 Å². The number of fused-ring (bicyclic) bond motifs is 1. The van der Waals surface area contributed by atoms with Crippen LogP contribution in [0.2, 0.25) is 0 Å². The monoisotopic (exact) mass is 270 g/mol. The van der Waals surface area contributed by atoms with Gasteiger partial charge in [-0.1, -0.05) is 0 Å². The van der Waals surface area contributed by atoms with Crippen molar-refractivity contribution in [3.8, 4) is 0 Å². The molecular formula is C13H22N2O4. The molecule has 19 heavy (non-hydrogen) atoms. The molecule has 2 N–H and O–H groups in total. The highest BCUT2D eigenvalue weighted by Crippen LogP contribution is 2.28. The zero-order valence-corrected chi connectivity index (χ0v) is 11.5. The maximum atomic E-state index is 11.5. The molecule has 2 aliphatic rings. The molecule has 0 aromatic rings. The van der Waals surface area contributed by atoms with Gasteiger partial charge >= 0.3 is 0 Å². The van der Waals surface area contributed by atoms with E-state index in [0.29, 0.717) is 32.7 Å². The van der Waals surface area contributed by atoms with Crippen LogP contribution in [0.4, 0.5) is 0 Å². The number of aliphatic hydroxyl groups excluding tert-OH is 1. The molecule has 2 saturated heterocycles. The fraction of sp³-hybridized carbons (Fsp3) is 0.846. The van der Waals surface area contributed by atoms with Gasteiger partial charge in [-0.15, -0.1) is 0 Å². The molecule has 2 rings (SSSR count). The number of nitrogens with zero attached hydrogens (tertiary/aromatic N) is 1. The molecular weight excluding hydrogens is 248 g/mol. The van der Waals surface area contributed by atoms with Crippen LogP contribution in [-0.4, -0.2) is 60.3 Å². The van der Waals surface area contributed by atoms with Crippen LogP contribution in [0.3, 0.4) is 0 Å². The van der Waals surface area contributed by atoms with Crippen LogP contribution in [0.15, 0.2) is 0 Å². The van der Waals surface area contributed by atoms with Gasteiger partial charge in [-0.05, 0) is 20.3 Å². The second-order valence-electron chi connectivity index (χ2n) is 5.65. The second-order valence-corrected chi connectivity index (χ2v) is 5.65. The highest BCUT2D eigenvalue weighted by Gasteiger charge is 2.47. The lowest BCUT2D eigenvalue weighted by Crippen LogP contribution is -2.36. The lowest BCUT2D eigenvalue weighted by Gasteiger charge is -2.20. The number of likely N-dealkylation sites (tertiary alicyclic amines) is 1. The van der Waals surface area contributed by atoms with Gasteiger partial charge in [0.15, 0.2) is 0 Å². The van der Waals surface area contributed by atoms with Crippen LogP contribution in [-0.2, 0) is 14.3 Å². The van der Waals surface area contributed by atoms with E-state index in [4.69, 9.17) is 4.74 Å². The molecule has 108 valence electrons. The summed E-state index contributed by atoms with van der Waals surface area (Å²) in [7, 11) is 0. The molecule has 2 aliphatic heterocycles. The Bertz CT molecular complexity index is 337. The van der Waals surface area contributed by atoms with Crippen molar-refractivity contribution >= 4 is 11.8 Å². The molecule has 1 unspecified atom stereocenters. The fourth-order valence-electron chi connectivity index (χ4n) is 2.70. The van der Waals surface area contributed by atoms with Gasteiger partial charge in [0, 0.05) is 26.2 Å². The van der Waals surface area contributed by atoms with Gasteiger partial charge in [-0.2, -0.15) is 0 Å². The van der Waals surface area contributed by atoms with Crippen molar-refractivity contribution in [2.75, 3.05) is 26.2 Å². The first kappa shape index (κ1) is 14.4. The predicted octanol–water partition coefficient (Wildman–Crippen LogP) is -0.633. The van der Waals surface area contributed by atoms with Gasteiger partial charge in [0.2, 0.25) is 11.8 Å².